The number of unbranched alkanes of at least 4 members (excludes halogenated alkanes) is 2. The van der Waals surface area contributed by atoms with E-state index >= 15 is 0 Å². The molecule has 0 spiro atoms. The summed E-state index contributed by atoms with van der Waals surface area (Å²) in [6, 6.07) is 16.0. The quantitative estimate of drug-likeness (QED) is 0.318. The van der Waals surface area contributed by atoms with Gasteiger partial charge in [-0.2, -0.15) is 0 Å². The first-order valence-electron chi connectivity index (χ1n) is 9.45. The van der Waals surface area contributed by atoms with Crippen molar-refractivity contribution in [2.24, 2.45) is 0 Å². The van der Waals surface area contributed by atoms with Gasteiger partial charge in [-0.25, -0.2) is 4.58 Å². The number of allylic oxidation sites excluding steroid dienone is 1. The monoisotopic (exact) mass is 388 g/mol. The molecule has 26 heavy (non-hydrogen) atoms. The molecule has 2 aromatic carbocycles. The zero-order valence-corrected chi connectivity index (χ0v) is 17.2. The molecule has 0 aliphatic carbocycles. The van der Waals surface area contributed by atoms with Crippen LogP contribution in [0.5, 0.6) is 0 Å². The van der Waals surface area contributed by atoms with Gasteiger partial charge in [-0.05, 0) is 41.0 Å². The van der Waals surface area contributed by atoms with E-state index < -0.39 is 0 Å². The summed E-state index contributed by atoms with van der Waals surface area (Å²) in [5.41, 5.74) is 3.48. The predicted molar refractivity (Wildman–Crippen MR) is 116 cm³/mol. The van der Waals surface area contributed by atoms with Crippen molar-refractivity contribution in [3.63, 3.8) is 0 Å². The summed E-state index contributed by atoms with van der Waals surface area (Å²) in [6.45, 7) is 6.67. The molecule has 0 fully saturated rings. The van der Waals surface area contributed by atoms with Gasteiger partial charge in [0.15, 0.2) is 6.21 Å². The van der Waals surface area contributed by atoms with Crippen molar-refractivity contribution in [2.75, 3.05) is 13.1 Å². The lowest BCUT2D eigenvalue weighted by Crippen LogP contribution is -2.15. The minimum absolute atomic E-state index is 0.751. The van der Waals surface area contributed by atoms with Crippen LogP contribution in [0.4, 0.5) is 0 Å². The highest BCUT2D eigenvalue weighted by molar-refractivity contribution is 6.31. The van der Waals surface area contributed by atoms with Crippen molar-refractivity contribution < 1.29 is 4.58 Å². The summed E-state index contributed by atoms with van der Waals surface area (Å²) in [5, 5.41) is 1.50. The normalized spacial score (nSPS) is 10.5. The molecule has 2 rings (SSSR count). The molecule has 0 unspecified atom stereocenters. The Morgan fingerprint density at radius 2 is 1.19 bits per heavy atom. The fourth-order valence-corrected chi connectivity index (χ4v) is 3.03. The Morgan fingerprint density at radius 3 is 1.58 bits per heavy atom. The molecule has 0 aliphatic heterocycles. The Labute approximate surface area is 168 Å². The highest BCUT2D eigenvalue weighted by atomic mass is 35.5. The molecular formula is C23H28Cl2N+. The SMILES string of the molecule is CCCC[N+](=CC=C(c1ccc(Cl)cc1)c1ccc(Cl)cc1)CCCC. The molecule has 0 atom stereocenters. The molecule has 0 heterocycles. The number of halogens is 2. The molecule has 0 N–H and O–H groups in total. The van der Waals surface area contributed by atoms with Crippen LogP contribution in [-0.2, 0) is 0 Å². The average molecular weight is 389 g/mol. The maximum Gasteiger partial charge on any atom is 0.163 e. The number of nitrogens with zero attached hydrogens (tertiary/aromatic N) is 1. The van der Waals surface area contributed by atoms with Crippen LogP contribution in [0.3, 0.4) is 0 Å². The van der Waals surface area contributed by atoms with Crippen LogP contribution in [0.25, 0.3) is 5.57 Å². The average Bonchev–Trinajstić information content (AvgIpc) is 2.66. The van der Waals surface area contributed by atoms with Gasteiger partial charge in [-0.15, -0.1) is 0 Å². The van der Waals surface area contributed by atoms with E-state index in [-0.39, 0.29) is 0 Å². The third kappa shape index (κ3) is 6.63. The highest BCUT2D eigenvalue weighted by Crippen LogP contribution is 2.25. The lowest BCUT2D eigenvalue weighted by Gasteiger charge is -2.08. The van der Waals surface area contributed by atoms with Crippen LogP contribution in [0.15, 0.2) is 54.6 Å². The third-order valence-electron chi connectivity index (χ3n) is 4.36. The molecule has 0 bridgehead atoms. The molecule has 0 aromatic heterocycles. The molecule has 1 nitrogen and oxygen atoms in total. The zero-order valence-electron chi connectivity index (χ0n) is 15.7. The third-order valence-corrected chi connectivity index (χ3v) is 4.86. The van der Waals surface area contributed by atoms with E-state index in [1.165, 1.54) is 31.3 Å². The maximum absolute atomic E-state index is 6.07. The standard InChI is InChI=1S/C23H28Cl2N/c1-3-5-16-26(17-6-4-2)18-15-23(19-7-11-21(24)12-8-19)20-9-13-22(25)14-10-20/h7-15,18H,3-6,16-17H2,1-2H3/q+1. The van der Waals surface area contributed by atoms with Crippen LogP contribution in [-0.4, -0.2) is 23.9 Å². The lowest BCUT2D eigenvalue weighted by molar-refractivity contribution is -0.523. The van der Waals surface area contributed by atoms with Crippen molar-refractivity contribution in [3.8, 4) is 0 Å². The Hall–Kier alpha value is -1.57. The largest absolute Gasteiger partial charge is 0.236 e. The van der Waals surface area contributed by atoms with Gasteiger partial charge in [0.1, 0.15) is 13.1 Å². The van der Waals surface area contributed by atoms with Crippen LogP contribution < -0.4 is 0 Å². The van der Waals surface area contributed by atoms with Crippen molar-refractivity contribution in [2.45, 2.75) is 39.5 Å². The number of hydrogen-bond acceptors (Lipinski definition) is 0. The van der Waals surface area contributed by atoms with Gasteiger partial charge in [-0.3, -0.25) is 0 Å². The second kappa shape index (κ2) is 11.2. The lowest BCUT2D eigenvalue weighted by atomic mass is 9.98. The van der Waals surface area contributed by atoms with E-state index in [2.05, 4.69) is 55.0 Å². The van der Waals surface area contributed by atoms with Crippen LogP contribution in [0.2, 0.25) is 10.0 Å². The summed E-state index contributed by atoms with van der Waals surface area (Å²) >= 11 is 12.1. The van der Waals surface area contributed by atoms with Crippen LogP contribution >= 0.6 is 23.2 Å². The van der Waals surface area contributed by atoms with E-state index in [0.29, 0.717) is 0 Å². The van der Waals surface area contributed by atoms with E-state index in [4.69, 9.17) is 23.2 Å². The molecule has 2 aromatic rings. The molecule has 0 saturated heterocycles. The van der Waals surface area contributed by atoms with Crippen molar-refractivity contribution in [1.82, 2.24) is 0 Å². The summed E-state index contributed by atoms with van der Waals surface area (Å²) in [7, 11) is 0. The minimum Gasteiger partial charge on any atom is -0.236 e. The van der Waals surface area contributed by atoms with Crippen molar-refractivity contribution in [1.29, 1.82) is 0 Å². The fraction of sp³-hybridized carbons (Fsp3) is 0.348. The first kappa shape index (κ1) is 20.7. The minimum atomic E-state index is 0.751. The van der Waals surface area contributed by atoms with E-state index in [9.17, 15) is 0 Å². The van der Waals surface area contributed by atoms with E-state index in [1.54, 1.807) is 0 Å². The summed E-state index contributed by atoms with van der Waals surface area (Å²) in [5.74, 6) is 0. The molecule has 138 valence electrons. The smallest absolute Gasteiger partial charge is 0.163 e. The van der Waals surface area contributed by atoms with Gasteiger partial charge >= 0.3 is 0 Å². The molecule has 0 aliphatic rings. The second-order valence-electron chi connectivity index (χ2n) is 6.49. The van der Waals surface area contributed by atoms with Crippen molar-refractivity contribution in [3.05, 3.63) is 75.8 Å². The Morgan fingerprint density at radius 1 is 0.769 bits per heavy atom. The number of rotatable bonds is 9. The maximum atomic E-state index is 6.07. The van der Waals surface area contributed by atoms with Gasteiger partial charge in [0.05, 0.1) is 0 Å². The van der Waals surface area contributed by atoms with Gasteiger partial charge in [0.25, 0.3) is 0 Å². The second-order valence-corrected chi connectivity index (χ2v) is 7.36. The molecular weight excluding hydrogens is 361 g/mol. The van der Waals surface area contributed by atoms with Crippen LogP contribution in [0, 0.1) is 0 Å². The first-order valence-corrected chi connectivity index (χ1v) is 10.2. The first-order chi connectivity index (χ1) is 12.6. The van der Waals surface area contributed by atoms with Gasteiger partial charge < -0.3 is 0 Å². The summed E-state index contributed by atoms with van der Waals surface area (Å²) < 4.78 is 2.43. The van der Waals surface area contributed by atoms with Gasteiger partial charge in [0, 0.05) is 29.0 Å². The van der Waals surface area contributed by atoms with Crippen molar-refractivity contribution >= 4 is 35.0 Å². The summed E-state index contributed by atoms with van der Waals surface area (Å²) in [6.07, 6.45) is 9.31. The molecule has 3 heteroatoms. The summed E-state index contributed by atoms with van der Waals surface area (Å²) in [4.78, 5) is 0. The molecule has 0 saturated carbocycles. The molecule has 0 amide bonds. The zero-order chi connectivity index (χ0) is 18.8. The van der Waals surface area contributed by atoms with Gasteiger partial charge in [-0.1, -0.05) is 74.2 Å². The molecule has 0 radical (unpaired) electrons. The Bertz CT molecular complexity index is 670. The predicted octanol–water partition coefficient (Wildman–Crippen LogP) is 7.11. The van der Waals surface area contributed by atoms with E-state index in [1.807, 2.05) is 24.3 Å². The van der Waals surface area contributed by atoms with Crippen LogP contribution in [0.1, 0.15) is 50.7 Å². The Balaban J connectivity index is 2.40. The number of benzene rings is 2. The number of hydrogen-bond donors (Lipinski definition) is 0. The Kier molecular flexibility index (Phi) is 8.94. The highest BCUT2D eigenvalue weighted by Gasteiger charge is 2.07. The topological polar surface area (TPSA) is 3.01 Å². The van der Waals surface area contributed by atoms with E-state index in [0.717, 1.165) is 34.3 Å². The fourth-order valence-electron chi connectivity index (χ4n) is 2.78. The van der Waals surface area contributed by atoms with Gasteiger partial charge in [0.2, 0.25) is 0 Å².